The fourth-order valence-corrected chi connectivity index (χ4v) is 4.89. The first-order valence-corrected chi connectivity index (χ1v) is 11.4. The van der Waals surface area contributed by atoms with E-state index in [4.69, 9.17) is 9.97 Å². The summed E-state index contributed by atoms with van der Waals surface area (Å²) in [5.41, 5.74) is 5.64. The third kappa shape index (κ3) is 4.05. The van der Waals surface area contributed by atoms with Gasteiger partial charge in [0.1, 0.15) is 11.6 Å². The third-order valence-electron chi connectivity index (χ3n) is 6.62. The number of likely N-dealkylation sites (tertiary alicyclic amines) is 1. The molecule has 1 saturated heterocycles. The number of amides is 1. The predicted octanol–water partition coefficient (Wildman–Crippen LogP) is 3.64. The third-order valence-corrected chi connectivity index (χ3v) is 6.62. The zero-order valence-corrected chi connectivity index (χ0v) is 19.1. The summed E-state index contributed by atoms with van der Waals surface area (Å²) < 4.78 is 1.84. The minimum absolute atomic E-state index is 0.140. The van der Waals surface area contributed by atoms with Crippen LogP contribution in [0.4, 0.5) is 5.82 Å². The number of anilines is 1. The Morgan fingerprint density at radius 3 is 2.59 bits per heavy atom. The molecule has 1 atom stereocenters. The zero-order chi connectivity index (χ0) is 22.2. The highest BCUT2D eigenvalue weighted by atomic mass is 16.2. The van der Waals surface area contributed by atoms with E-state index in [0.717, 1.165) is 60.8 Å². The second-order valence-corrected chi connectivity index (χ2v) is 9.09. The summed E-state index contributed by atoms with van der Waals surface area (Å²) in [5, 5.41) is 4.31. The molecule has 5 rings (SSSR count). The molecular weight excluding hydrogens is 400 g/mol. The van der Waals surface area contributed by atoms with Gasteiger partial charge in [0.05, 0.1) is 18.8 Å². The van der Waals surface area contributed by atoms with Crippen LogP contribution in [0.25, 0.3) is 0 Å². The summed E-state index contributed by atoms with van der Waals surface area (Å²) in [6, 6.07) is 8.54. The van der Waals surface area contributed by atoms with Crippen LogP contribution in [0.2, 0.25) is 0 Å². The van der Waals surface area contributed by atoms with Crippen LogP contribution in [-0.2, 0) is 31.4 Å². The number of hydrogen-bond donors (Lipinski definition) is 0. The molecule has 2 aliphatic rings. The summed E-state index contributed by atoms with van der Waals surface area (Å²) in [6.07, 6.45) is 7.38. The number of rotatable bonds is 5. The van der Waals surface area contributed by atoms with E-state index in [1.54, 1.807) is 0 Å². The number of benzene rings is 1. The van der Waals surface area contributed by atoms with Gasteiger partial charge in [0, 0.05) is 43.0 Å². The van der Waals surface area contributed by atoms with Gasteiger partial charge in [-0.2, -0.15) is 5.10 Å². The standard InChI is InChI=1S/C25H30N6O/c1-17-6-8-19(9-7-17)16-31-23(32)11-10-21-18(2)27-24(28-25(21)31)22-5-4-12-30(22)15-20-13-26-29(3)14-20/h6-9,13-14,22H,4-5,10-12,15-16H2,1-3H3. The lowest BCUT2D eigenvalue weighted by Crippen LogP contribution is -2.37. The topological polar surface area (TPSA) is 67.2 Å². The fraction of sp³-hybridized carbons (Fsp3) is 0.440. The van der Waals surface area contributed by atoms with Crippen molar-refractivity contribution in [2.75, 3.05) is 11.4 Å². The molecule has 7 heteroatoms. The maximum absolute atomic E-state index is 12.9. The average molecular weight is 431 g/mol. The molecule has 1 unspecified atom stereocenters. The van der Waals surface area contributed by atoms with Crippen molar-refractivity contribution in [2.45, 2.75) is 58.7 Å². The molecular formula is C25H30N6O. The minimum atomic E-state index is 0.140. The van der Waals surface area contributed by atoms with Crippen LogP contribution >= 0.6 is 0 Å². The first-order valence-electron chi connectivity index (χ1n) is 11.4. The van der Waals surface area contributed by atoms with Gasteiger partial charge in [-0.25, -0.2) is 9.97 Å². The molecule has 0 saturated carbocycles. The highest BCUT2D eigenvalue weighted by Crippen LogP contribution is 2.35. The molecule has 0 spiro atoms. The Kier molecular flexibility index (Phi) is 5.51. The van der Waals surface area contributed by atoms with Gasteiger partial charge in [0.15, 0.2) is 0 Å². The number of aromatic nitrogens is 4. The van der Waals surface area contributed by atoms with Crippen LogP contribution in [0.1, 0.15) is 59.1 Å². The van der Waals surface area contributed by atoms with Crippen molar-refractivity contribution < 1.29 is 4.79 Å². The van der Waals surface area contributed by atoms with Crippen molar-refractivity contribution in [3.8, 4) is 0 Å². The van der Waals surface area contributed by atoms with E-state index in [1.165, 1.54) is 11.1 Å². The van der Waals surface area contributed by atoms with E-state index in [1.807, 2.05) is 22.8 Å². The Hall–Kier alpha value is -3.06. The largest absolute Gasteiger partial charge is 0.292 e. The molecule has 2 aromatic heterocycles. The first kappa shape index (κ1) is 20.8. The Labute approximate surface area is 189 Å². The van der Waals surface area contributed by atoms with Crippen molar-refractivity contribution in [1.82, 2.24) is 24.6 Å². The predicted molar refractivity (Wildman–Crippen MR) is 123 cm³/mol. The molecule has 166 valence electrons. The monoisotopic (exact) mass is 430 g/mol. The SMILES string of the molecule is Cc1ccc(CN2C(=O)CCc3c(C)nc(C4CCCN4Cc4cnn(C)c4)nc32)cc1. The Balaban J connectivity index is 1.46. The Morgan fingerprint density at radius 2 is 1.84 bits per heavy atom. The van der Waals surface area contributed by atoms with E-state index < -0.39 is 0 Å². The second-order valence-electron chi connectivity index (χ2n) is 9.09. The maximum Gasteiger partial charge on any atom is 0.228 e. The van der Waals surface area contributed by atoms with Gasteiger partial charge in [-0.15, -0.1) is 0 Å². The molecule has 1 amide bonds. The molecule has 1 aromatic carbocycles. The summed E-state index contributed by atoms with van der Waals surface area (Å²) in [7, 11) is 1.95. The van der Waals surface area contributed by atoms with Crippen LogP contribution in [0, 0.1) is 13.8 Å². The molecule has 4 heterocycles. The molecule has 32 heavy (non-hydrogen) atoms. The lowest BCUT2D eigenvalue weighted by atomic mass is 10.0. The number of hydrogen-bond acceptors (Lipinski definition) is 5. The van der Waals surface area contributed by atoms with Gasteiger partial charge in [-0.05, 0) is 45.2 Å². The van der Waals surface area contributed by atoms with Crippen LogP contribution in [0.15, 0.2) is 36.7 Å². The molecule has 0 N–H and O–H groups in total. The lowest BCUT2D eigenvalue weighted by Gasteiger charge is -2.31. The summed E-state index contributed by atoms with van der Waals surface area (Å²) >= 11 is 0. The van der Waals surface area contributed by atoms with Crippen molar-refractivity contribution in [3.05, 3.63) is 70.4 Å². The number of nitrogens with zero attached hydrogens (tertiary/aromatic N) is 6. The lowest BCUT2D eigenvalue weighted by molar-refractivity contribution is -0.119. The number of aryl methyl sites for hydroxylation is 3. The Bertz CT molecular complexity index is 1140. The highest BCUT2D eigenvalue weighted by Gasteiger charge is 2.33. The minimum Gasteiger partial charge on any atom is -0.292 e. The van der Waals surface area contributed by atoms with Crippen LogP contribution in [0.5, 0.6) is 0 Å². The molecule has 0 radical (unpaired) electrons. The van der Waals surface area contributed by atoms with Crippen LogP contribution in [-0.4, -0.2) is 37.1 Å². The average Bonchev–Trinajstić information content (AvgIpc) is 3.40. The Morgan fingerprint density at radius 1 is 1.03 bits per heavy atom. The molecule has 0 aliphatic carbocycles. The van der Waals surface area contributed by atoms with Gasteiger partial charge >= 0.3 is 0 Å². The van der Waals surface area contributed by atoms with Gasteiger partial charge in [0.2, 0.25) is 5.91 Å². The van der Waals surface area contributed by atoms with Crippen molar-refractivity contribution in [2.24, 2.45) is 7.05 Å². The number of fused-ring (bicyclic) bond motifs is 1. The molecule has 1 fully saturated rings. The smallest absolute Gasteiger partial charge is 0.228 e. The highest BCUT2D eigenvalue weighted by molar-refractivity contribution is 5.95. The van der Waals surface area contributed by atoms with Crippen LogP contribution < -0.4 is 4.90 Å². The number of carbonyl (C=O) groups is 1. The summed E-state index contributed by atoms with van der Waals surface area (Å²) in [4.78, 5) is 27.2. The molecule has 2 aliphatic heterocycles. The van der Waals surface area contributed by atoms with E-state index in [9.17, 15) is 4.79 Å². The van der Waals surface area contributed by atoms with Gasteiger partial charge < -0.3 is 0 Å². The molecule has 3 aromatic rings. The van der Waals surface area contributed by atoms with E-state index in [2.05, 4.69) is 54.3 Å². The molecule has 0 bridgehead atoms. The van der Waals surface area contributed by atoms with Gasteiger partial charge in [-0.3, -0.25) is 19.3 Å². The van der Waals surface area contributed by atoms with Crippen molar-refractivity contribution in [3.63, 3.8) is 0 Å². The van der Waals surface area contributed by atoms with Gasteiger partial charge in [-0.1, -0.05) is 29.8 Å². The van der Waals surface area contributed by atoms with Crippen molar-refractivity contribution in [1.29, 1.82) is 0 Å². The van der Waals surface area contributed by atoms with E-state index in [0.29, 0.717) is 13.0 Å². The summed E-state index contributed by atoms with van der Waals surface area (Å²) in [5.74, 6) is 1.78. The first-order chi connectivity index (χ1) is 15.5. The zero-order valence-electron chi connectivity index (χ0n) is 19.1. The van der Waals surface area contributed by atoms with Crippen LogP contribution in [0.3, 0.4) is 0 Å². The maximum atomic E-state index is 12.9. The van der Waals surface area contributed by atoms with Crippen molar-refractivity contribution >= 4 is 11.7 Å². The number of carbonyl (C=O) groups excluding carboxylic acids is 1. The second kappa shape index (κ2) is 8.47. The van der Waals surface area contributed by atoms with Gasteiger partial charge in [0.25, 0.3) is 0 Å². The molecule has 7 nitrogen and oxygen atoms in total. The summed E-state index contributed by atoms with van der Waals surface area (Å²) in [6.45, 7) is 6.54. The normalized spacial score (nSPS) is 18.9. The fourth-order valence-electron chi connectivity index (χ4n) is 4.89. The quantitative estimate of drug-likeness (QED) is 0.618. The van der Waals surface area contributed by atoms with E-state index >= 15 is 0 Å². The van der Waals surface area contributed by atoms with E-state index in [-0.39, 0.29) is 11.9 Å².